The van der Waals surface area contributed by atoms with Gasteiger partial charge < -0.3 is 18.9 Å². The molecule has 0 aliphatic heterocycles. The molecule has 0 aliphatic carbocycles. The third kappa shape index (κ3) is 8.60. The van der Waals surface area contributed by atoms with E-state index in [2.05, 4.69) is 13.2 Å². The second-order valence-electron chi connectivity index (χ2n) is 7.18. The second kappa shape index (κ2) is 15.2. The van der Waals surface area contributed by atoms with Crippen LogP contribution in [0.5, 0.6) is 11.5 Å². The second-order valence-corrected chi connectivity index (χ2v) is 7.18. The smallest absolute Gasteiger partial charge is 0.343 e. The van der Waals surface area contributed by atoms with Crippen LogP contribution in [-0.4, -0.2) is 37.1 Å². The van der Waals surface area contributed by atoms with Crippen molar-refractivity contribution < 1.29 is 38.1 Å². The first-order chi connectivity index (χ1) is 18.4. The largest absolute Gasteiger partial charge is 0.458 e. The van der Waals surface area contributed by atoms with Gasteiger partial charge in [-0.3, -0.25) is 0 Å². The molecular weight excluding hydrogens is 488 g/mol. The molecule has 0 N–H and O–H groups in total. The van der Waals surface area contributed by atoms with Crippen molar-refractivity contribution in [2.75, 3.05) is 13.2 Å². The van der Waals surface area contributed by atoms with Gasteiger partial charge in [0.15, 0.2) is 0 Å². The van der Waals surface area contributed by atoms with Crippen LogP contribution < -0.4 is 9.47 Å². The zero-order chi connectivity index (χ0) is 27.9. The summed E-state index contributed by atoms with van der Waals surface area (Å²) in [7, 11) is 0. The van der Waals surface area contributed by atoms with Gasteiger partial charge in [0.25, 0.3) is 0 Å². The highest BCUT2D eigenvalue weighted by Crippen LogP contribution is 2.18. The minimum Gasteiger partial charge on any atom is -0.458 e. The van der Waals surface area contributed by atoms with Crippen LogP contribution in [0.3, 0.4) is 0 Å². The third-order valence-corrected chi connectivity index (χ3v) is 4.62. The lowest BCUT2D eigenvalue weighted by Crippen LogP contribution is -2.11. The fraction of sp³-hybridized carbons (Fsp3) is 0.133. The zero-order valence-electron chi connectivity index (χ0n) is 21.2. The van der Waals surface area contributed by atoms with E-state index in [0.29, 0.717) is 11.1 Å². The van der Waals surface area contributed by atoms with Crippen molar-refractivity contribution in [1.29, 1.82) is 0 Å². The van der Waals surface area contributed by atoms with Gasteiger partial charge in [-0.05, 0) is 72.8 Å². The minimum absolute atomic E-state index is 0.0955. The normalized spacial score (nSPS) is 9.63. The summed E-state index contributed by atoms with van der Waals surface area (Å²) in [6, 6.07) is 17.5. The molecule has 0 fully saturated rings. The van der Waals surface area contributed by atoms with Gasteiger partial charge >= 0.3 is 23.9 Å². The number of carbonyl (C=O) groups is 4. The Kier molecular flexibility index (Phi) is 11.7. The number of benzene rings is 3. The third-order valence-electron chi connectivity index (χ3n) is 4.62. The highest BCUT2D eigenvalue weighted by atomic mass is 16.5. The lowest BCUT2D eigenvalue weighted by atomic mass is 10.1. The van der Waals surface area contributed by atoms with E-state index in [1.165, 1.54) is 84.9 Å². The molecule has 8 nitrogen and oxygen atoms in total. The molecule has 0 radical (unpaired) electrons. The molecule has 38 heavy (non-hydrogen) atoms. The van der Waals surface area contributed by atoms with E-state index in [-0.39, 0.29) is 35.8 Å². The molecule has 8 heteroatoms. The van der Waals surface area contributed by atoms with E-state index in [0.717, 1.165) is 0 Å². The van der Waals surface area contributed by atoms with Crippen LogP contribution >= 0.6 is 0 Å². The van der Waals surface area contributed by atoms with E-state index in [1.54, 1.807) is 0 Å². The Bertz CT molecular complexity index is 1160. The summed E-state index contributed by atoms with van der Waals surface area (Å²) in [5, 5.41) is 0. The lowest BCUT2D eigenvalue weighted by Gasteiger charge is -2.08. The Labute approximate surface area is 221 Å². The number of hydrogen-bond acceptors (Lipinski definition) is 8. The van der Waals surface area contributed by atoms with Crippen LogP contribution in [0, 0.1) is 0 Å². The molecule has 0 unspecified atom stereocenters. The number of rotatable bonds is 10. The summed E-state index contributed by atoms with van der Waals surface area (Å²) in [4.78, 5) is 48.4. The first-order valence-electron chi connectivity index (χ1n) is 11.7. The monoisotopic (exact) mass is 516 g/mol. The van der Waals surface area contributed by atoms with Gasteiger partial charge in [0.1, 0.15) is 24.7 Å². The highest BCUT2D eigenvalue weighted by molar-refractivity contribution is 5.95. The van der Waals surface area contributed by atoms with E-state index in [4.69, 9.17) is 18.9 Å². The van der Waals surface area contributed by atoms with Gasteiger partial charge in [-0.2, -0.15) is 0 Å². The van der Waals surface area contributed by atoms with Crippen molar-refractivity contribution >= 4 is 23.9 Å². The number of hydrogen-bond donors (Lipinski definition) is 0. The van der Waals surface area contributed by atoms with Gasteiger partial charge in [-0.25, -0.2) is 19.2 Å². The maximum absolute atomic E-state index is 12.4. The molecule has 3 aromatic carbocycles. The van der Waals surface area contributed by atoms with E-state index >= 15 is 0 Å². The average molecular weight is 517 g/mol. The highest BCUT2D eigenvalue weighted by Gasteiger charge is 2.14. The number of esters is 4. The van der Waals surface area contributed by atoms with E-state index in [1.807, 2.05) is 13.8 Å². The summed E-state index contributed by atoms with van der Waals surface area (Å²) >= 11 is 0. The molecule has 3 rings (SSSR count). The molecule has 0 heterocycles. The Morgan fingerprint density at radius 2 is 0.789 bits per heavy atom. The van der Waals surface area contributed by atoms with Crippen LogP contribution in [0.1, 0.15) is 55.3 Å². The zero-order valence-corrected chi connectivity index (χ0v) is 21.2. The molecule has 0 amide bonds. The quantitative estimate of drug-likeness (QED) is 0.188. The summed E-state index contributed by atoms with van der Waals surface area (Å²) in [5.41, 5.74) is 1.04. The molecule has 3 aromatic rings. The van der Waals surface area contributed by atoms with E-state index in [9.17, 15) is 19.2 Å². The molecule has 0 atom stereocenters. The standard InChI is InChI=1S/C28H22O8.C2H6/c1-3-17-33-25(29)19-9-13-23(14-10-19)35-27(31)21-5-7-22(8-6-21)28(32)36-24-15-11-20(12-16-24)26(30)34-18-4-2;1-2/h3-16H,1-2,17-18H2;1-2H3. The van der Waals surface area contributed by atoms with Gasteiger partial charge in [0.05, 0.1) is 22.3 Å². The fourth-order valence-corrected chi connectivity index (χ4v) is 2.83. The summed E-state index contributed by atoms with van der Waals surface area (Å²) < 4.78 is 20.5. The van der Waals surface area contributed by atoms with Crippen LogP contribution in [0.25, 0.3) is 0 Å². The Morgan fingerprint density at radius 3 is 1.08 bits per heavy atom. The lowest BCUT2D eigenvalue weighted by molar-refractivity contribution is 0.0540. The van der Waals surface area contributed by atoms with Gasteiger partial charge in [0, 0.05) is 0 Å². The Balaban J connectivity index is 0.00000247. The maximum atomic E-state index is 12.4. The van der Waals surface area contributed by atoms with E-state index < -0.39 is 23.9 Å². The summed E-state index contributed by atoms with van der Waals surface area (Å²) in [5.74, 6) is -1.85. The van der Waals surface area contributed by atoms with Crippen molar-refractivity contribution in [3.63, 3.8) is 0 Å². The summed E-state index contributed by atoms with van der Waals surface area (Å²) in [6.45, 7) is 11.1. The molecule has 0 spiro atoms. The van der Waals surface area contributed by atoms with Crippen LogP contribution in [0.15, 0.2) is 98.1 Å². The molecular formula is C30H28O8. The molecule has 0 saturated carbocycles. The van der Waals surface area contributed by atoms with Crippen molar-refractivity contribution in [3.8, 4) is 11.5 Å². The molecule has 0 aliphatic rings. The minimum atomic E-state index is -0.643. The van der Waals surface area contributed by atoms with Crippen molar-refractivity contribution in [2.24, 2.45) is 0 Å². The topological polar surface area (TPSA) is 105 Å². The van der Waals surface area contributed by atoms with Gasteiger partial charge in [0.2, 0.25) is 0 Å². The predicted molar refractivity (Wildman–Crippen MR) is 142 cm³/mol. The first kappa shape index (κ1) is 29.3. The van der Waals surface area contributed by atoms with Crippen molar-refractivity contribution in [2.45, 2.75) is 13.8 Å². The maximum Gasteiger partial charge on any atom is 0.343 e. The predicted octanol–water partition coefficient (Wildman–Crippen LogP) is 5.84. The van der Waals surface area contributed by atoms with Crippen LogP contribution in [0.4, 0.5) is 0 Å². The van der Waals surface area contributed by atoms with Gasteiger partial charge in [-0.1, -0.05) is 39.2 Å². The van der Waals surface area contributed by atoms with Crippen molar-refractivity contribution in [3.05, 3.63) is 120 Å². The first-order valence-corrected chi connectivity index (χ1v) is 11.7. The Hall–Kier alpha value is -4.98. The van der Waals surface area contributed by atoms with Crippen LogP contribution in [-0.2, 0) is 9.47 Å². The van der Waals surface area contributed by atoms with Crippen molar-refractivity contribution in [1.82, 2.24) is 0 Å². The Morgan fingerprint density at radius 1 is 0.526 bits per heavy atom. The van der Waals surface area contributed by atoms with Crippen LogP contribution in [0.2, 0.25) is 0 Å². The fourth-order valence-electron chi connectivity index (χ4n) is 2.83. The summed E-state index contributed by atoms with van der Waals surface area (Å²) in [6.07, 6.45) is 2.92. The average Bonchev–Trinajstić information content (AvgIpc) is 2.96. The molecule has 0 bridgehead atoms. The molecule has 0 aromatic heterocycles. The SMILES string of the molecule is C=CCOC(=O)c1ccc(OC(=O)c2ccc(C(=O)Oc3ccc(C(=O)OCC=C)cc3)cc2)cc1.CC. The molecule has 196 valence electrons. The van der Waals surface area contributed by atoms with Gasteiger partial charge in [-0.15, -0.1) is 0 Å². The number of ether oxygens (including phenoxy) is 4. The number of carbonyl (C=O) groups excluding carboxylic acids is 4. The molecule has 0 saturated heterocycles.